The number of hydrogen-bond acceptors (Lipinski definition) is 5. The summed E-state index contributed by atoms with van der Waals surface area (Å²) in [6, 6.07) is 7.15. The van der Waals surface area contributed by atoms with E-state index in [1.807, 2.05) is 12.1 Å². The molecule has 8 heteroatoms. The highest BCUT2D eigenvalue weighted by molar-refractivity contribution is 7.99. The molecular weight excluding hydrogens is 426 g/mol. The van der Waals surface area contributed by atoms with Crippen molar-refractivity contribution in [1.29, 1.82) is 0 Å². The van der Waals surface area contributed by atoms with E-state index in [0.717, 1.165) is 35.0 Å². The molecule has 0 radical (unpaired) electrons. The van der Waals surface area contributed by atoms with Crippen molar-refractivity contribution in [3.05, 3.63) is 50.1 Å². The molecule has 0 spiro atoms. The van der Waals surface area contributed by atoms with E-state index in [0.29, 0.717) is 21.8 Å². The zero-order valence-corrected chi connectivity index (χ0v) is 19.0. The van der Waals surface area contributed by atoms with Crippen molar-refractivity contribution in [3.63, 3.8) is 0 Å². The summed E-state index contributed by atoms with van der Waals surface area (Å²) in [7, 11) is 3.45. The van der Waals surface area contributed by atoms with E-state index in [4.69, 9.17) is 16.6 Å². The van der Waals surface area contributed by atoms with Crippen LogP contribution in [0.2, 0.25) is 5.02 Å². The summed E-state index contributed by atoms with van der Waals surface area (Å²) in [5.74, 6) is 0.826. The fourth-order valence-corrected chi connectivity index (χ4v) is 6.08. The molecule has 1 atom stereocenters. The molecule has 1 amide bonds. The van der Waals surface area contributed by atoms with Crippen molar-refractivity contribution < 1.29 is 4.79 Å². The maximum atomic E-state index is 13.6. The van der Waals surface area contributed by atoms with Gasteiger partial charge in [0.25, 0.3) is 5.56 Å². The van der Waals surface area contributed by atoms with Crippen LogP contribution in [0.3, 0.4) is 0 Å². The first kappa shape index (κ1) is 20.4. The summed E-state index contributed by atoms with van der Waals surface area (Å²) in [5.41, 5.74) is 1.80. The lowest BCUT2D eigenvalue weighted by Gasteiger charge is -2.18. The Morgan fingerprint density at radius 1 is 1.34 bits per heavy atom. The maximum absolute atomic E-state index is 13.6. The van der Waals surface area contributed by atoms with Crippen LogP contribution in [0.15, 0.2) is 34.2 Å². The third kappa shape index (κ3) is 3.96. The Morgan fingerprint density at radius 2 is 2.07 bits per heavy atom. The standard InChI is InChI=1S/C21H22ClN3O2S2/c1-12-4-9-15-16(10-12)29-19-18(15)20(27)25(14-7-5-13(22)6-8-14)21(23-19)28-11-17(26)24(2)3/h5-8,12H,4,9-11H2,1-3H3. The summed E-state index contributed by atoms with van der Waals surface area (Å²) >= 11 is 8.96. The maximum Gasteiger partial charge on any atom is 0.267 e. The molecule has 1 aliphatic rings. The van der Waals surface area contributed by atoms with Crippen molar-refractivity contribution in [3.8, 4) is 5.69 Å². The van der Waals surface area contributed by atoms with Gasteiger partial charge in [-0.15, -0.1) is 11.3 Å². The van der Waals surface area contributed by atoms with Crippen molar-refractivity contribution >= 4 is 50.8 Å². The Morgan fingerprint density at radius 3 is 2.76 bits per heavy atom. The Balaban J connectivity index is 1.89. The average molecular weight is 448 g/mol. The molecule has 3 aromatic rings. The van der Waals surface area contributed by atoms with Crippen molar-refractivity contribution in [1.82, 2.24) is 14.5 Å². The van der Waals surface area contributed by atoms with Gasteiger partial charge in [-0.3, -0.25) is 14.2 Å². The molecule has 4 rings (SSSR count). The first-order chi connectivity index (χ1) is 13.8. The Bertz CT molecular complexity index is 1140. The zero-order chi connectivity index (χ0) is 20.7. The van der Waals surface area contributed by atoms with Gasteiger partial charge >= 0.3 is 0 Å². The smallest absolute Gasteiger partial charge is 0.267 e. The quantitative estimate of drug-likeness (QED) is 0.439. The molecule has 2 aromatic heterocycles. The molecule has 0 aliphatic heterocycles. The van der Waals surface area contributed by atoms with Gasteiger partial charge in [-0.2, -0.15) is 0 Å². The van der Waals surface area contributed by atoms with Gasteiger partial charge in [-0.25, -0.2) is 4.98 Å². The van der Waals surface area contributed by atoms with E-state index >= 15 is 0 Å². The number of aromatic nitrogens is 2. The van der Waals surface area contributed by atoms with Crippen LogP contribution < -0.4 is 5.56 Å². The summed E-state index contributed by atoms with van der Waals surface area (Å²) < 4.78 is 1.62. The zero-order valence-electron chi connectivity index (χ0n) is 16.6. The van der Waals surface area contributed by atoms with Crippen LogP contribution >= 0.6 is 34.7 Å². The number of rotatable bonds is 4. The van der Waals surface area contributed by atoms with Crippen LogP contribution in [-0.4, -0.2) is 40.2 Å². The molecule has 29 heavy (non-hydrogen) atoms. The number of hydrogen-bond donors (Lipinski definition) is 0. The summed E-state index contributed by atoms with van der Waals surface area (Å²) in [4.78, 5) is 34.2. The van der Waals surface area contributed by atoms with Crippen molar-refractivity contribution in [2.24, 2.45) is 5.92 Å². The highest BCUT2D eigenvalue weighted by atomic mass is 35.5. The van der Waals surface area contributed by atoms with Crippen LogP contribution in [0.1, 0.15) is 23.8 Å². The predicted molar refractivity (Wildman–Crippen MR) is 121 cm³/mol. The molecule has 0 N–H and O–H groups in total. The second-order valence-electron chi connectivity index (χ2n) is 7.62. The van der Waals surface area contributed by atoms with Crippen LogP contribution in [0.4, 0.5) is 0 Å². The van der Waals surface area contributed by atoms with Gasteiger partial charge in [0.05, 0.1) is 16.8 Å². The minimum Gasteiger partial charge on any atom is -0.348 e. The van der Waals surface area contributed by atoms with Gasteiger partial charge in [0.1, 0.15) is 4.83 Å². The fraction of sp³-hybridized carbons (Fsp3) is 0.381. The van der Waals surface area contributed by atoms with E-state index in [2.05, 4.69) is 6.92 Å². The number of thioether (sulfide) groups is 1. The van der Waals surface area contributed by atoms with E-state index in [1.54, 1.807) is 47.0 Å². The van der Waals surface area contributed by atoms with Crippen LogP contribution in [-0.2, 0) is 17.6 Å². The number of nitrogens with zero attached hydrogens (tertiary/aromatic N) is 3. The number of thiophene rings is 1. The lowest BCUT2D eigenvalue weighted by molar-refractivity contribution is -0.125. The lowest BCUT2D eigenvalue weighted by Crippen LogP contribution is -2.25. The monoisotopic (exact) mass is 447 g/mol. The summed E-state index contributed by atoms with van der Waals surface area (Å²) in [5, 5.41) is 1.87. The minimum absolute atomic E-state index is 0.0219. The molecule has 0 saturated carbocycles. The predicted octanol–water partition coefficient (Wildman–Crippen LogP) is 4.41. The average Bonchev–Trinajstić information content (AvgIpc) is 3.04. The molecule has 1 aliphatic carbocycles. The van der Waals surface area contributed by atoms with Gasteiger partial charge in [0.2, 0.25) is 5.91 Å². The third-order valence-corrected chi connectivity index (χ3v) is 7.53. The normalized spacial score (nSPS) is 16.1. The molecule has 0 fully saturated rings. The number of benzene rings is 1. The van der Waals surface area contributed by atoms with Crippen molar-refractivity contribution in [2.45, 2.75) is 31.3 Å². The number of carbonyl (C=O) groups excluding carboxylic acids is 1. The molecule has 1 unspecified atom stereocenters. The Labute approximate surface area is 182 Å². The van der Waals surface area contributed by atoms with Gasteiger partial charge in [0.15, 0.2) is 5.16 Å². The minimum atomic E-state index is -0.0656. The highest BCUT2D eigenvalue weighted by Crippen LogP contribution is 2.37. The number of halogens is 1. The van der Waals surface area contributed by atoms with E-state index in [1.165, 1.54) is 16.6 Å². The second-order valence-corrected chi connectivity index (χ2v) is 10.1. The number of fused-ring (bicyclic) bond motifs is 3. The largest absolute Gasteiger partial charge is 0.348 e. The van der Waals surface area contributed by atoms with E-state index in [9.17, 15) is 9.59 Å². The molecule has 0 saturated heterocycles. The van der Waals surface area contributed by atoms with Crippen LogP contribution in [0.5, 0.6) is 0 Å². The molecule has 0 bridgehead atoms. The summed E-state index contributed by atoms with van der Waals surface area (Å²) in [6.07, 6.45) is 3.00. The number of aryl methyl sites for hydroxylation is 1. The van der Waals surface area contributed by atoms with Crippen molar-refractivity contribution in [2.75, 3.05) is 19.8 Å². The molecule has 5 nitrogen and oxygen atoms in total. The molecular formula is C21H22ClN3O2S2. The fourth-order valence-electron chi connectivity index (χ4n) is 3.54. The SMILES string of the molecule is CC1CCc2c(sc3nc(SCC(=O)N(C)C)n(-c4ccc(Cl)cc4)c(=O)c23)C1. The Kier molecular flexibility index (Phi) is 5.73. The lowest BCUT2D eigenvalue weighted by atomic mass is 9.89. The first-order valence-electron chi connectivity index (χ1n) is 9.51. The molecule has 1 aromatic carbocycles. The number of carbonyl (C=O) groups is 1. The Hall–Kier alpha value is -1.83. The topological polar surface area (TPSA) is 55.2 Å². The van der Waals surface area contributed by atoms with Crippen LogP contribution in [0.25, 0.3) is 15.9 Å². The number of amides is 1. The van der Waals surface area contributed by atoms with Gasteiger partial charge < -0.3 is 4.90 Å². The third-order valence-electron chi connectivity index (χ3n) is 5.21. The van der Waals surface area contributed by atoms with Gasteiger partial charge in [-0.1, -0.05) is 30.3 Å². The molecule has 2 heterocycles. The highest BCUT2D eigenvalue weighted by Gasteiger charge is 2.25. The van der Waals surface area contributed by atoms with E-state index in [-0.39, 0.29) is 17.2 Å². The molecule has 152 valence electrons. The van der Waals surface area contributed by atoms with Crippen LogP contribution in [0, 0.1) is 5.92 Å². The second kappa shape index (κ2) is 8.13. The van der Waals surface area contributed by atoms with Gasteiger partial charge in [-0.05, 0) is 55.0 Å². The van der Waals surface area contributed by atoms with Gasteiger partial charge in [0, 0.05) is 24.0 Å². The summed E-state index contributed by atoms with van der Waals surface area (Å²) in [6.45, 7) is 2.25. The van der Waals surface area contributed by atoms with E-state index < -0.39 is 0 Å². The first-order valence-corrected chi connectivity index (χ1v) is 11.7.